The molecular weight excluding hydrogens is 558 g/mol. The average Bonchev–Trinajstić information content (AvgIpc) is 3.38. The van der Waals surface area contributed by atoms with Crippen LogP contribution in [-0.2, 0) is 11.2 Å². The van der Waals surface area contributed by atoms with Gasteiger partial charge in [-0.15, -0.1) is 0 Å². The third-order valence-electron chi connectivity index (χ3n) is 6.44. The fourth-order valence-electron chi connectivity index (χ4n) is 4.68. The number of anilines is 2. The fraction of sp³-hybridized carbons (Fsp3) is 0.233. The summed E-state index contributed by atoms with van der Waals surface area (Å²) in [5, 5.41) is 10.7. The van der Waals surface area contributed by atoms with Crippen LogP contribution in [0.4, 0.5) is 11.6 Å². The normalized spacial score (nSPS) is 14.4. The Morgan fingerprint density at radius 2 is 1.90 bits per heavy atom. The van der Waals surface area contributed by atoms with Crippen LogP contribution in [0.5, 0.6) is 11.5 Å². The lowest BCUT2D eigenvalue weighted by Gasteiger charge is -2.29. The molecule has 1 aromatic heterocycles. The van der Waals surface area contributed by atoms with Gasteiger partial charge in [0.1, 0.15) is 12.4 Å². The number of fused-ring (bicyclic) bond motifs is 1. The van der Waals surface area contributed by atoms with Crippen molar-refractivity contribution in [3.05, 3.63) is 105 Å². The second kappa shape index (κ2) is 11.7. The second-order valence-corrected chi connectivity index (χ2v) is 10.1. The van der Waals surface area contributed by atoms with Crippen molar-refractivity contribution in [2.45, 2.75) is 33.2 Å². The van der Waals surface area contributed by atoms with Crippen LogP contribution < -0.4 is 20.1 Å². The van der Waals surface area contributed by atoms with E-state index >= 15 is 0 Å². The first kappa shape index (κ1) is 26.5. The van der Waals surface area contributed by atoms with Gasteiger partial charge < -0.3 is 20.1 Å². The Labute approximate surface area is 236 Å². The minimum Gasteiger partial charge on any atom is -0.490 e. The SMILES string of the molecule is CCOc1cc(C2C(C(=O)Nc3cccc(C)c3)=C(C)Nc3ncnn32)cc(Br)c1OCCc1ccccc1. The zero-order valence-corrected chi connectivity index (χ0v) is 23.7. The van der Waals surface area contributed by atoms with E-state index in [2.05, 4.69) is 48.8 Å². The van der Waals surface area contributed by atoms with Gasteiger partial charge in [0.25, 0.3) is 5.91 Å². The van der Waals surface area contributed by atoms with Crippen molar-refractivity contribution in [2.75, 3.05) is 23.8 Å². The van der Waals surface area contributed by atoms with Crippen LogP contribution in [0.2, 0.25) is 0 Å². The molecule has 0 spiro atoms. The highest BCUT2D eigenvalue weighted by Gasteiger charge is 2.34. The third kappa shape index (κ3) is 5.83. The quantitative estimate of drug-likeness (QED) is 0.239. The molecule has 5 rings (SSSR count). The first-order chi connectivity index (χ1) is 18.9. The number of carbonyl (C=O) groups is 1. The van der Waals surface area contributed by atoms with Gasteiger partial charge in [0.15, 0.2) is 11.5 Å². The van der Waals surface area contributed by atoms with E-state index in [-0.39, 0.29) is 5.91 Å². The van der Waals surface area contributed by atoms with Gasteiger partial charge in [-0.25, -0.2) is 4.68 Å². The van der Waals surface area contributed by atoms with Crippen molar-refractivity contribution in [1.29, 1.82) is 0 Å². The predicted molar refractivity (Wildman–Crippen MR) is 155 cm³/mol. The highest BCUT2D eigenvalue weighted by Crippen LogP contribution is 2.43. The topological polar surface area (TPSA) is 90.3 Å². The van der Waals surface area contributed by atoms with Crippen molar-refractivity contribution in [3.8, 4) is 11.5 Å². The second-order valence-electron chi connectivity index (χ2n) is 9.27. The van der Waals surface area contributed by atoms with Crippen LogP contribution in [-0.4, -0.2) is 33.9 Å². The van der Waals surface area contributed by atoms with Gasteiger partial charge in [-0.3, -0.25) is 4.79 Å². The number of allylic oxidation sites excluding steroid dienone is 1. The molecule has 1 aliphatic heterocycles. The molecule has 200 valence electrons. The maximum absolute atomic E-state index is 13.7. The van der Waals surface area contributed by atoms with E-state index in [0.717, 1.165) is 27.7 Å². The number of hydrogen-bond donors (Lipinski definition) is 2. The molecule has 39 heavy (non-hydrogen) atoms. The average molecular weight is 589 g/mol. The van der Waals surface area contributed by atoms with Crippen LogP contribution in [0, 0.1) is 6.92 Å². The lowest BCUT2D eigenvalue weighted by molar-refractivity contribution is -0.113. The van der Waals surface area contributed by atoms with Crippen LogP contribution in [0.3, 0.4) is 0 Å². The van der Waals surface area contributed by atoms with Gasteiger partial charge in [-0.1, -0.05) is 42.5 Å². The monoisotopic (exact) mass is 587 g/mol. The molecule has 0 fully saturated rings. The molecule has 3 aromatic carbocycles. The number of nitrogens with zero attached hydrogens (tertiary/aromatic N) is 3. The van der Waals surface area contributed by atoms with E-state index in [1.165, 1.54) is 11.9 Å². The summed E-state index contributed by atoms with van der Waals surface area (Å²) in [5.74, 6) is 1.54. The molecule has 1 atom stereocenters. The Hall–Kier alpha value is -4.11. The maximum Gasteiger partial charge on any atom is 0.255 e. The predicted octanol–water partition coefficient (Wildman–Crippen LogP) is 6.30. The van der Waals surface area contributed by atoms with Gasteiger partial charge in [0, 0.05) is 17.8 Å². The summed E-state index contributed by atoms with van der Waals surface area (Å²) in [6, 6.07) is 21.2. The number of carbonyl (C=O) groups excluding carboxylic acids is 1. The van der Waals surface area contributed by atoms with Crippen molar-refractivity contribution in [3.63, 3.8) is 0 Å². The van der Waals surface area contributed by atoms with Crippen molar-refractivity contribution in [1.82, 2.24) is 14.8 Å². The Bertz CT molecular complexity index is 1520. The molecule has 0 aliphatic carbocycles. The third-order valence-corrected chi connectivity index (χ3v) is 7.03. The summed E-state index contributed by atoms with van der Waals surface area (Å²) in [4.78, 5) is 18.1. The molecule has 1 amide bonds. The number of halogens is 1. The number of hydrogen-bond acceptors (Lipinski definition) is 6. The minimum atomic E-state index is -0.539. The number of benzene rings is 3. The Kier molecular flexibility index (Phi) is 7.97. The number of nitrogens with one attached hydrogen (secondary N) is 2. The standard InChI is InChI=1S/C30H30BrN5O3/c1-4-38-25-17-22(16-24(31)28(25)39-14-13-21-10-6-5-7-11-21)27-26(20(3)34-30-32-18-33-36(27)30)29(37)35-23-12-8-9-19(2)15-23/h5-12,15-18,27H,4,13-14H2,1-3H3,(H,35,37)(H,32,33,34). The molecule has 2 heterocycles. The first-order valence-electron chi connectivity index (χ1n) is 12.8. The molecule has 1 unspecified atom stereocenters. The number of ether oxygens (including phenoxy) is 2. The zero-order valence-electron chi connectivity index (χ0n) is 22.1. The van der Waals surface area contributed by atoms with Gasteiger partial charge in [-0.2, -0.15) is 10.1 Å². The van der Waals surface area contributed by atoms with Gasteiger partial charge in [0.05, 0.1) is 23.3 Å². The van der Waals surface area contributed by atoms with E-state index in [9.17, 15) is 4.79 Å². The van der Waals surface area contributed by atoms with E-state index in [1.54, 1.807) is 4.68 Å². The Balaban J connectivity index is 1.49. The number of amides is 1. The van der Waals surface area contributed by atoms with Gasteiger partial charge in [-0.05, 0) is 77.7 Å². The van der Waals surface area contributed by atoms with Gasteiger partial charge in [0.2, 0.25) is 5.95 Å². The van der Waals surface area contributed by atoms with Crippen LogP contribution in [0.1, 0.15) is 36.6 Å². The maximum atomic E-state index is 13.7. The van der Waals surface area contributed by atoms with Crippen molar-refractivity contribution in [2.24, 2.45) is 0 Å². The Morgan fingerprint density at radius 1 is 1.08 bits per heavy atom. The van der Waals surface area contributed by atoms with E-state index < -0.39 is 6.04 Å². The highest BCUT2D eigenvalue weighted by molar-refractivity contribution is 9.10. The van der Waals surface area contributed by atoms with Crippen molar-refractivity contribution < 1.29 is 14.3 Å². The van der Waals surface area contributed by atoms with Crippen molar-refractivity contribution >= 4 is 33.5 Å². The number of rotatable bonds is 9. The smallest absolute Gasteiger partial charge is 0.255 e. The minimum absolute atomic E-state index is 0.228. The lowest BCUT2D eigenvalue weighted by atomic mass is 9.94. The molecule has 9 heteroatoms. The molecule has 2 N–H and O–H groups in total. The van der Waals surface area contributed by atoms with E-state index in [4.69, 9.17) is 9.47 Å². The van der Waals surface area contributed by atoms with Crippen LogP contribution in [0.15, 0.2) is 88.8 Å². The zero-order chi connectivity index (χ0) is 27.4. The summed E-state index contributed by atoms with van der Waals surface area (Å²) in [6.45, 7) is 6.74. The summed E-state index contributed by atoms with van der Waals surface area (Å²) in [7, 11) is 0. The molecular formula is C30H30BrN5O3. The van der Waals surface area contributed by atoms with E-state index in [0.29, 0.717) is 41.9 Å². The van der Waals surface area contributed by atoms with Crippen LogP contribution >= 0.6 is 15.9 Å². The molecule has 0 saturated carbocycles. The van der Waals surface area contributed by atoms with Crippen LogP contribution in [0.25, 0.3) is 0 Å². The lowest BCUT2D eigenvalue weighted by Crippen LogP contribution is -2.31. The molecule has 8 nitrogen and oxygen atoms in total. The molecule has 4 aromatic rings. The van der Waals surface area contributed by atoms with E-state index in [1.807, 2.05) is 75.4 Å². The fourth-order valence-corrected chi connectivity index (χ4v) is 5.25. The first-order valence-corrected chi connectivity index (χ1v) is 13.6. The summed E-state index contributed by atoms with van der Waals surface area (Å²) in [5.41, 5.74) is 5.01. The number of aromatic nitrogens is 3. The summed E-state index contributed by atoms with van der Waals surface area (Å²) < 4.78 is 14.7. The summed E-state index contributed by atoms with van der Waals surface area (Å²) >= 11 is 3.70. The molecule has 0 radical (unpaired) electrons. The Morgan fingerprint density at radius 3 is 2.67 bits per heavy atom. The van der Waals surface area contributed by atoms with Gasteiger partial charge >= 0.3 is 0 Å². The largest absolute Gasteiger partial charge is 0.490 e. The molecule has 0 saturated heterocycles. The molecule has 0 bridgehead atoms. The molecule has 1 aliphatic rings. The number of aryl methyl sites for hydroxylation is 1. The summed E-state index contributed by atoms with van der Waals surface area (Å²) in [6.07, 6.45) is 2.24. The highest BCUT2D eigenvalue weighted by atomic mass is 79.9.